The number of imidazole rings is 1. The van der Waals surface area contributed by atoms with E-state index in [1.54, 1.807) is 36.4 Å². The number of aromatic nitrogens is 2. The molecule has 1 aliphatic rings. The van der Waals surface area contributed by atoms with Gasteiger partial charge in [-0.3, -0.25) is 14.3 Å². The van der Waals surface area contributed by atoms with Gasteiger partial charge in [-0.1, -0.05) is 30.3 Å². The Morgan fingerprint density at radius 3 is 2.46 bits per heavy atom. The van der Waals surface area contributed by atoms with Gasteiger partial charge in [-0.05, 0) is 37.1 Å². The largest absolute Gasteiger partial charge is 0.349 e. The van der Waals surface area contributed by atoms with E-state index in [4.69, 9.17) is 0 Å². The summed E-state index contributed by atoms with van der Waals surface area (Å²) in [5.41, 5.74) is 1.69. The molecular weight excluding hydrogens is 362 g/mol. The van der Waals surface area contributed by atoms with E-state index in [1.165, 1.54) is 0 Å². The number of nitrogens with zero attached hydrogens (tertiary/aromatic N) is 3. The van der Waals surface area contributed by atoms with E-state index < -0.39 is 6.55 Å². The van der Waals surface area contributed by atoms with Crippen LogP contribution in [0, 0.1) is 0 Å². The number of rotatable bonds is 5. The first-order valence-electron chi connectivity index (χ1n) is 9.44. The van der Waals surface area contributed by atoms with Crippen LogP contribution < -0.4 is 5.32 Å². The van der Waals surface area contributed by atoms with Gasteiger partial charge in [0.2, 0.25) is 0 Å². The average molecular weight is 384 g/mol. The van der Waals surface area contributed by atoms with Crippen LogP contribution in [0.5, 0.6) is 0 Å². The number of benzene rings is 2. The molecule has 1 amide bonds. The summed E-state index contributed by atoms with van der Waals surface area (Å²) in [6.45, 7) is -0.790. The summed E-state index contributed by atoms with van der Waals surface area (Å²) in [5, 5.41) is 3.06. The maximum atomic E-state index is 13.6. The van der Waals surface area contributed by atoms with Crippen molar-refractivity contribution in [3.05, 3.63) is 66.0 Å². The molecule has 28 heavy (non-hydrogen) atoms. The normalized spacial score (nSPS) is 16.0. The Bertz CT molecular complexity index is 949. The first-order valence-corrected chi connectivity index (χ1v) is 9.44. The SMILES string of the molecule is O=C(NC1CCN(Cc2nc3ccccc3n2C(F)F)CC1)c1ccccc1. The molecule has 0 bridgehead atoms. The predicted octanol–water partition coefficient (Wildman–Crippen LogP) is 3.83. The van der Waals surface area contributed by atoms with Crippen LogP contribution in [0.2, 0.25) is 0 Å². The van der Waals surface area contributed by atoms with Crippen LogP contribution in [0.1, 0.15) is 35.6 Å². The molecule has 1 aliphatic heterocycles. The molecule has 4 rings (SSSR count). The fraction of sp³-hybridized carbons (Fsp3) is 0.333. The summed E-state index contributed by atoms with van der Waals surface area (Å²) >= 11 is 0. The van der Waals surface area contributed by atoms with Crippen LogP contribution in [0.25, 0.3) is 11.0 Å². The number of fused-ring (bicyclic) bond motifs is 1. The van der Waals surface area contributed by atoms with E-state index in [1.807, 2.05) is 18.2 Å². The third-order valence-corrected chi connectivity index (χ3v) is 5.19. The fourth-order valence-electron chi connectivity index (χ4n) is 3.72. The highest BCUT2D eigenvalue weighted by Gasteiger charge is 2.24. The summed E-state index contributed by atoms with van der Waals surface area (Å²) < 4.78 is 28.1. The predicted molar refractivity (Wildman–Crippen MR) is 103 cm³/mol. The summed E-state index contributed by atoms with van der Waals surface area (Å²) in [4.78, 5) is 18.8. The lowest BCUT2D eigenvalue weighted by atomic mass is 10.0. The first kappa shape index (κ1) is 18.6. The van der Waals surface area contributed by atoms with Crippen LogP contribution in [0.4, 0.5) is 8.78 Å². The molecule has 3 aromatic rings. The van der Waals surface area contributed by atoms with E-state index in [9.17, 15) is 13.6 Å². The second-order valence-corrected chi connectivity index (χ2v) is 7.05. The molecule has 1 fully saturated rings. The van der Waals surface area contributed by atoms with Gasteiger partial charge in [-0.25, -0.2) is 4.98 Å². The maximum absolute atomic E-state index is 13.6. The molecule has 0 aliphatic carbocycles. The monoisotopic (exact) mass is 384 g/mol. The minimum Gasteiger partial charge on any atom is -0.349 e. The molecule has 0 saturated carbocycles. The fourth-order valence-corrected chi connectivity index (χ4v) is 3.72. The molecule has 7 heteroatoms. The number of alkyl halides is 2. The van der Waals surface area contributed by atoms with Crippen LogP contribution >= 0.6 is 0 Å². The third kappa shape index (κ3) is 3.89. The van der Waals surface area contributed by atoms with Gasteiger partial charge in [0.15, 0.2) is 0 Å². The zero-order valence-electron chi connectivity index (χ0n) is 15.4. The van der Waals surface area contributed by atoms with Gasteiger partial charge in [0.25, 0.3) is 5.91 Å². The Hall–Kier alpha value is -2.80. The lowest BCUT2D eigenvalue weighted by Gasteiger charge is -2.32. The van der Waals surface area contributed by atoms with Crippen molar-refractivity contribution in [3.63, 3.8) is 0 Å². The summed E-state index contributed by atoms with van der Waals surface area (Å²) in [6.07, 6.45) is 1.57. The van der Waals surface area contributed by atoms with Crippen LogP contribution in [0.15, 0.2) is 54.6 Å². The average Bonchev–Trinajstić information content (AvgIpc) is 3.08. The Balaban J connectivity index is 1.38. The minimum absolute atomic E-state index is 0.0708. The van der Waals surface area contributed by atoms with E-state index in [0.717, 1.165) is 30.5 Å². The van der Waals surface area contributed by atoms with E-state index in [-0.39, 0.29) is 11.9 Å². The molecule has 1 saturated heterocycles. The van der Waals surface area contributed by atoms with Gasteiger partial charge in [-0.2, -0.15) is 8.78 Å². The number of amides is 1. The Morgan fingerprint density at radius 1 is 1.07 bits per heavy atom. The van der Waals surface area contributed by atoms with Gasteiger partial charge in [0.1, 0.15) is 5.82 Å². The van der Waals surface area contributed by atoms with Crippen molar-refractivity contribution in [2.75, 3.05) is 13.1 Å². The molecule has 0 radical (unpaired) electrons. The molecule has 1 aromatic heterocycles. The number of para-hydroxylation sites is 2. The molecule has 146 valence electrons. The second kappa shape index (κ2) is 8.06. The van der Waals surface area contributed by atoms with Gasteiger partial charge in [-0.15, -0.1) is 0 Å². The highest BCUT2D eigenvalue weighted by molar-refractivity contribution is 5.94. The number of nitrogens with one attached hydrogen (secondary N) is 1. The van der Waals surface area contributed by atoms with Crippen molar-refractivity contribution >= 4 is 16.9 Å². The summed E-state index contributed by atoms with van der Waals surface area (Å²) in [6, 6.07) is 16.2. The molecule has 0 spiro atoms. The van der Waals surface area contributed by atoms with Crippen molar-refractivity contribution in [3.8, 4) is 0 Å². The van der Waals surface area contributed by atoms with Crippen LogP contribution in [-0.4, -0.2) is 39.5 Å². The first-order chi connectivity index (χ1) is 13.6. The molecule has 1 N–H and O–H groups in total. The number of piperidine rings is 1. The number of likely N-dealkylation sites (tertiary alicyclic amines) is 1. The summed E-state index contributed by atoms with van der Waals surface area (Å²) in [7, 11) is 0. The van der Waals surface area contributed by atoms with Gasteiger partial charge < -0.3 is 5.32 Å². The van der Waals surface area contributed by atoms with Gasteiger partial charge in [0.05, 0.1) is 17.6 Å². The number of hydrogen-bond acceptors (Lipinski definition) is 3. The molecule has 0 unspecified atom stereocenters. The van der Waals surface area contributed by atoms with Crippen molar-refractivity contribution in [2.45, 2.75) is 32.0 Å². The molecule has 2 heterocycles. The zero-order chi connectivity index (χ0) is 19.5. The number of carbonyl (C=O) groups is 1. The van der Waals surface area contributed by atoms with Gasteiger partial charge in [0, 0.05) is 24.7 Å². The zero-order valence-corrected chi connectivity index (χ0v) is 15.4. The molecule has 2 aromatic carbocycles. The third-order valence-electron chi connectivity index (χ3n) is 5.19. The molecular formula is C21H22F2N4O. The van der Waals surface area contributed by atoms with Crippen molar-refractivity contribution in [2.24, 2.45) is 0 Å². The lowest BCUT2D eigenvalue weighted by Crippen LogP contribution is -2.44. The van der Waals surface area contributed by atoms with Gasteiger partial charge >= 0.3 is 6.55 Å². The van der Waals surface area contributed by atoms with Crippen LogP contribution in [-0.2, 0) is 6.54 Å². The Labute approximate surface area is 162 Å². The highest BCUT2D eigenvalue weighted by Crippen LogP contribution is 2.24. The van der Waals surface area contributed by atoms with E-state index >= 15 is 0 Å². The quantitative estimate of drug-likeness (QED) is 0.728. The Kier molecular flexibility index (Phi) is 5.34. The molecule has 5 nitrogen and oxygen atoms in total. The van der Waals surface area contributed by atoms with Crippen molar-refractivity contribution < 1.29 is 13.6 Å². The number of carbonyl (C=O) groups excluding carboxylic acids is 1. The highest BCUT2D eigenvalue weighted by atomic mass is 19.3. The van der Waals surface area contributed by atoms with E-state index in [0.29, 0.717) is 29.0 Å². The van der Waals surface area contributed by atoms with Crippen molar-refractivity contribution in [1.82, 2.24) is 19.8 Å². The topological polar surface area (TPSA) is 50.2 Å². The lowest BCUT2D eigenvalue weighted by molar-refractivity contribution is 0.0666. The number of hydrogen-bond donors (Lipinski definition) is 1. The summed E-state index contributed by atoms with van der Waals surface area (Å²) in [5.74, 6) is 0.307. The van der Waals surface area contributed by atoms with E-state index in [2.05, 4.69) is 15.2 Å². The smallest absolute Gasteiger partial charge is 0.320 e. The van der Waals surface area contributed by atoms with Crippen molar-refractivity contribution in [1.29, 1.82) is 0 Å². The maximum Gasteiger partial charge on any atom is 0.320 e. The number of halogens is 2. The standard InChI is InChI=1S/C21H22F2N4O/c22-21(23)27-18-9-5-4-8-17(18)25-19(27)14-26-12-10-16(11-13-26)24-20(28)15-6-2-1-3-7-15/h1-9,16,21H,10-14H2,(H,24,28). The second-order valence-electron chi connectivity index (χ2n) is 7.05. The minimum atomic E-state index is -2.62. The van der Waals surface area contributed by atoms with Crippen LogP contribution in [0.3, 0.4) is 0 Å². The Morgan fingerprint density at radius 2 is 1.75 bits per heavy atom. The molecule has 0 atom stereocenters.